The molecule has 1 amide bonds. The lowest BCUT2D eigenvalue weighted by atomic mass is 10.0. The van der Waals surface area contributed by atoms with Crippen LogP contribution >= 0.6 is 0 Å². The van der Waals surface area contributed by atoms with Gasteiger partial charge in [-0.15, -0.1) is 4.40 Å². The maximum Gasteiger partial charge on any atom is 0.316 e. The molecule has 4 aromatic heterocycles. The first-order chi connectivity index (χ1) is 11.9. The van der Waals surface area contributed by atoms with Crippen molar-refractivity contribution < 1.29 is 14.3 Å². The fourth-order valence-electron chi connectivity index (χ4n) is 3.85. The first-order valence-electron chi connectivity index (χ1n) is 7.77. The summed E-state index contributed by atoms with van der Waals surface area (Å²) in [5.41, 5.74) is 16.4. The van der Waals surface area contributed by atoms with Gasteiger partial charge in [-0.1, -0.05) is 0 Å². The lowest BCUT2D eigenvalue weighted by Crippen LogP contribution is -2.33. The molecule has 0 aliphatic carbocycles. The van der Waals surface area contributed by atoms with Crippen LogP contribution in [0.2, 0.25) is 0 Å². The van der Waals surface area contributed by atoms with Crippen molar-refractivity contribution in [1.29, 1.82) is 0 Å². The van der Waals surface area contributed by atoms with E-state index in [2.05, 4.69) is 5.10 Å². The SMILES string of the molecule is Cc1c(O)ccc2c1c1c(N)c(C(N)=O)[n+]3cc(C)n4cnn2c4c13. The van der Waals surface area contributed by atoms with Crippen molar-refractivity contribution >= 4 is 39.0 Å². The molecule has 5 N–H and O–H groups in total. The highest BCUT2D eigenvalue weighted by atomic mass is 16.3. The molecule has 0 aliphatic rings. The summed E-state index contributed by atoms with van der Waals surface area (Å²) in [6.07, 6.45) is 3.54. The van der Waals surface area contributed by atoms with Gasteiger partial charge in [-0.3, -0.25) is 9.20 Å². The molecule has 0 atom stereocenters. The number of phenolic OH excluding ortho intramolecular Hbond substituents is 1. The van der Waals surface area contributed by atoms with Gasteiger partial charge in [0.15, 0.2) is 6.20 Å². The third-order valence-corrected chi connectivity index (χ3v) is 4.99. The van der Waals surface area contributed by atoms with Gasteiger partial charge in [0.2, 0.25) is 5.65 Å². The van der Waals surface area contributed by atoms with Crippen molar-refractivity contribution in [2.45, 2.75) is 13.8 Å². The molecule has 0 fully saturated rings. The number of hydrogen-bond donors (Lipinski definition) is 3. The van der Waals surface area contributed by atoms with Crippen LogP contribution < -0.4 is 15.9 Å². The minimum absolute atomic E-state index is 0.157. The van der Waals surface area contributed by atoms with E-state index < -0.39 is 5.91 Å². The van der Waals surface area contributed by atoms with Crippen LogP contribution in [0.1, 0.15) is 21.7 Å². The number of amides is 1. The predicted octanol–water partition coefficient (Wildman–Crippen LogP) is 0.920. The quantitative estimate of drug-likeness (QED) is 0.312. The van der Waals surface area contributed by atoms with E-state index in [0.29, 0.717) is 16.6 Å². The third-order valence-electron chi connectivity index (χ3n) is 4.99. The number of benzene rings is 1. The molecular formula is C17H15N6O2+. The second-order valence-electron chi connectivity index (χ2n) is 6.33. The van der Waals surface area contributed by atoms with Gasteiger partial charge in [-0.2, -0.15) is 5.10 Å². The lowest BCUT2D eigenvalue weighted by molar-refractivity contribution is -0.510. The largest absolute Gasteiger partial charge is 0.508 e. The fourth-order valence-corrected chi connectivity index (χ4v) is 3.85. The molecule has 8 nitrogen and oxygen atoms in total. The topological polar surface area (TPSA) is 115 Å². The Hall–Kier alpha value is -3.55. The molecule has 1 aromatic carbocycles. The molecule has 5 rings (SSSR count). The normalized spacial score (nSPS) is 12.2. The van der Waals surface area contributed by atoms with Gasteiger partial charge in [-0.05, 0) is 26.0 Å². The number of hydrogen-bond acceptors (Lipinski definition) is 4. The molecule has 124 valence electrons. The first kappa shape index (κ1) is 13.8. The number of phenols is 1. The predicted molar refractivity (Wildman–Crippen MR) is 92.1 cm³/mol. The average molecular weight is 335 g/mol. The molecule has 0 radical (unpaired) electrons. The number of nitrogens with zero attached hydrogens (tertiary/aromatic N) is 4. The van der Waals surface area contributed by atoms with Crippen molar-refractivity contribution in [1.82, 2.24) is 14.0 Å². The molecule has 0 unspecified atom stereocenters. The summed E-state index contributed by atoms with van der Waals surface area (Å²) in [6.45, 7) is 3.73. The monoisotopic (exact) mass is 335 g/mol. The zero-order chi connectivity index (χ0) is 17.6. The van der Waals surface area contributed by atoms with Crippen LogP contribution in [0.5, 0.6) is 5.75 Å². The molecule has 0 spiro atoms. The van der Waals surface area contributed by atoms with Crippen LogP contribution in [0.15, 0.2) is 24.7 Å². The maximum atomic E-state index is 12.1. The zero-order valence-electron chi connectivity index (χ0n) is 13.6. The van der Waals surface area contributed by atoms with E-state index in [1.54, 1.807) is 27.4 Å². The van der Waals surface area contributed by atoms with E-state index in [1.807, 2.05) is 24.4 Å². The van der Waals surface area contributed by atoms with Crippen molar-refractivity contribution in [3.8, 4) is 5.75 Å². The van der Waals surface area contributed by atoms with E-state index in [0.717, 1.165) is 27.8 Å². The molecule has 0 bridgehead atoms. The molecule has 4 heterocycles. The number of aromatic nitrogens is 4. The zero-order valence-corrected chi connectivity index (χ0v) is 13.6. The van der Waals surface area contributed by atoms with Gasteiger partial charge in [0.1, 0.15) is 17.8 Å². The summed E-state index contributed by atoms with van der Waals surface area (Å²) in [5.74, 6) is -0.445. The van der Waals surface area contributed by atoms with E-state index in [9.17, 15) is 9.90 Å². The van der Waals surface area contributed by atoms with Crippen LogP contribution in [0, 0.1) is 13.8 Å². The third kappa shape index (κ3) is 1.40. The molecule has 0 saturated heterocycles. The Kier molecular flexibility index (Phi) is 2.27. The number of nitrogens with two attached hydrogens (primary N) is 2. The second kappa shape index (κ2) is 4.10. The minimum atomic E-state index is -0.602. The number of fused-ring (bicyclic) bond motifs is 3. The first-order valence-corrected chi connectivity index (χ1v) is 7.77. The van der Waals surface area contributed by atoms with Crippen molar-refractivity contribution in [3.63, 3.8) is 0 Å². The Morgan fingerprint density at radius 3 is 2.76 bits per heavy atom. The number of pyridine rings is 1. The number of rotatable bonds is 1. The lowest BCUT2D eigenvalue weighted by Gasteiger charge is -2.08. The van der Waals surface area contributed by atoms with Gasteiger partial charge in [-0.25, -0.2) is 4.52 Å². The van der Waals surface area contributed by atoms with Gasteiger partial charge in [0.05, 0.1) is 16.6 Å². The molecule has 8 heteroatoms. The number of carbonyl (C=O) groups excluding carboxylic acids is 1. The van der Waals surface area contributed by atoms with Crippen LogP contribution in [-0.4, -0.2) is 25.0 Å². The van der Waals surface area contributed by atoms with Gasteiger partial charge in [0.25, 0.3) is 11.2 Å². The van der Waals surface area contributed by atoms with Gasteiger partial charge >= 0.3 is 5.91 Å². The fraction of sp³-hybridized carbons (Fsp3) is 0.118. The van der Waals surface area contributed by atoms with Crippen molar-refractivity contribution in [2.75, 3.05) is 5.73 Å². The van der Waals surface area contributed by atoms with E-state index in [4.69, 9.17) is 11.5 Å². The molecule has 5 aromatic rings. The number of primary amides is 1. The van der Waals surface area contributed by atoms with Crippen LogP contribution in [-0.2, 0) is 0 Å². The van der Waals surface area contributed by atoms with Crippen molar-refractivity contribution in [3.05, 3.63) is 41.6 Å². The standard InChI is InChI=1S/C17H14N6O2/c1-7-5-21-14-12(13(18)15(21)16(19)25)11-8(2)10(24)4-3-9(11)23-17(14)22(7)6-20-23/h3-6H,1-2H3,(H4-,18,19,24,25)/p+1. The summed E-state index contributed by atoms with van der Waals surface area (Å²) < 4.78 is 5.46. The minimum Gasteiger partial charge on any atom is -0.508 e. The summed E-state index contributed by atoms with van der Waals surface area (Å²) in [6, 6.07) is 3.43. The number of aryl methyl sites for hydroxylation is 2. The van der Waals surface area contributed by atoms with Crippen LogP contribution in [0.3, 0.4) is 0 Å². The Morgan fingerprint density at radius 1 is 1.28 bits per heavy atom. The number of aromatic hydroxyl groups is 1. The second-order valence-corrected chi connectivity index (χ2v) is 6.33. The Balaban J connectivity index is 2.29. The molecule has 0 saturated carbocycles. The van der Waals surface area contributed by atoms with E-state index in [1.165, 1.54) is 0 Å². The molecule has 25 heavy (non-hydrogen) atoms. The summed E-state index contributed by atoms with van der Waals surface area (Å²) in [4.78, 5) is 12.1. The summed E-state index contributed by atoms with van der Waals surface area (Å²) in [5, 5.41) is 16.1. The smallest absolute Gasteiger partial charge is 0.316 e. The Morgan fingerprint density at radius 2 is 2.04 bits per heavy atom. The summed E-state index contributed by atoms with van der Waals surface area (Å²) in [7, 11) is 0. The summed E-state index contributed by atoms with van der Waals surface area (Å²) >= 11 is 0. The number of nitrogen functional groups attached to an aromatic ring is 1. The van der Waals surface area contributed by atoms with Gasteiger partial charge < -0.3 is 16.6 Å². The van der Waals surface area contributed by atoms with Crippen LogP contribution in [0.25, 0.3) is 27.5 Å². The molecular weight excluding hydrogens is 320 g/mol. The van der Waals surface area contributed by atoms with Crippen LogP contribution in [0.4, 0.5) is 5.69 Å². The average Bonchev–Trinajstić information content (AvgIpc) is 3.11. The maximum absolute atomic E-state index is 12.1. The highest BCUT2D eigenvalue weighted by Gasteiger charge is 2.34. The van der Waals surface area contributed by atoms with E-state index >= 15 is 0 Å². The highest BCUT2D eigenvalue weighted by molar-refractivity contribution is 6.19. The van der Waals surface area contributed by atoms with Crippen molar-refractivity contribution in [2.24, 2.45) is 5.73 Å². The van der Waals surface area contributed by atoms with E-state index in [-0.39, 0.29) is 11.4 Å². The number of anilines is 1. The Labute approximate surface area is 140 Å². The molecule has 0 aliphatic heterocycles. The van der Waals surface area contributed by atoms with Gasteiger partial charge in [0, 0.05) is 10.9 Å². The number of carbonyl (C=O) groups is 1. The highest BCUT2D eigenvalue weighted by Crippen LogP contribution is 2.38. The Bertz CT molecular complexity index is 1360.